The number of aryl methyl sites for hydroxylation is 3. The summed E-state index contributed by atoms with van der Waals surface area (Å²) in [6.07, 6.45) is 8.33. The van der Waals surface area contributed by atoms with Crippen LogP contribution in [0.25, 0.3) is 10.9 Å². The van der Waals surface area contributed by atoms with Crippen LogP contribution in [0.1, 0.15) is 23.2 Å². The maximum absolute atomic E-state index is 11.8. The molecule has 0 saturated heterocycles. The van der Waals surface area contributed by atoms with Gasteiger partial charge >= 0.3 is 0 Å². The molecule has 1 aromatic carbocycles. The van der Waals surface area contributed by atoms with Gasteiger partial charge in [0.05, 0.1) is 12.1 Å². The van der Waals surface area contributed by atoms with Crippen LogP contribution in [-0.2, 0) is 26.4 Å². The first kappa shape index (κ1) is 21.7. The summed E-state index contributed by atoms with van der Waals surface area (Å²) < 4.78 is 7.53. The van der Waals surface area contributed by atoms with Gasteiger partial charge in [0.25, 0.3) is 5.56 Å². The van der Waals surface area contributed by atoms with Gasteiger partial charge in [0, 0.05) is 50.0 Å². The monoisotopic (exact) mass is 428 g/mol. The van der Waals surface area contributed by atoms with Crippen molar-refractivity contribution in [1.82, 2.24) is 19.9 Å². The second-order valence-corrected chi connectivity index (χ2v) is 7.85. The largest absolute Gasteiger partial charge is 0.493 e. The van der Waals surface area contributed by atoms with Crippen LogP contribution in [0.4, 0.5) is 0 Å². The van der Waals surface area contributed by atoms with Crippen LogP contribution in [0.5, 0.6) is 5.75 Å². The Morgan fingerprint density at radius 2 is 1.91 bits per heavy atom. The zero-order valence-electron chi connectivity index (χ0n) is 18.3. The predicted octanol–water partition coefficient (Wildman–Crippen LogP) is 3.67. The summed E-state index contributed by atoms with van der Waals surface area (Å²) in [6, 6.07) is 17.6. The van der Waals surface area contributed by atoms with Crippen molar-refractivity contribution < 1.29 is 4.74 Å². The van der Waals surface area contributed by atoms with Crippen molar-refractivity contribution in [3.8, 4) is 5.75 Å². The summed E-state index contributed by atoms with van der Waals surface area (Å²) in [5, 5.41) is 4.50. The van der Waals surface area contributed by atoms with E-state index in [2.05, 4.69) is 33.5 Å². The Bertz CT molecular complexity index is 1220. The zero-order valence-corrected chi connectivity index (χ0v) is 18.3. The van der Waals surface area contributed by atoms with Crippen LogP contribution in [0.3, 0.4) is 0 Å². The average Bonchev–Trinajstić information content (AvgIpc) is 2.83. The summed E-state index contributed by atoms with van der Waals surface area (Å²) in [6.45, 7) is 2.28. The lowest BCUT2D eigenvalue weighted by atomic mass is 10.1. The van der Waals surface area contributed by atoms with Crippen molar-refractivity contribution >= 4 is 10.9 Å². The van der Waals surface area contributed by atoms with Gasteiger partial charge < -0.3 is 14.6 Å². The molecule has 0 fully saturated rings. The van der Waals surface area contributed by atoms with E-state index in [1.807, 2.05) is 42.7 Å². The van der Waals surface area contributed by atoms with Gasteiger partial charge in [-0.05, 0) is 78.7 Å². The third-order valence-electron chi connectivity index (χ3n) is 5.47. The Morgan fingerprint density at radius 1 is 1.00 bits per heavy atom. The minimum Gasteiger partial charge on any atom is -0.493 e. The fourth-order valence-electron chi connectivity index (χ4n) is 3.65. The number of hydrogen-bond acceptors (Lipinski definition) is 5. The van der Waals surface area contributed by atoms with Gasteiger partial charge in [0.1, 0.15) is 5.75 Å². The molecule has 0 radical (unpaired) electrons. The van der Waals surface area contributed by atoms with E-state index in [1.54, 1.807) is 23.9 Å². The first-order valence-corrected chi connectivity index (χ1v) is 10.9. The molecule has 3 heterocycles. The van der Waals surface area contributed by atoms with Crippen molar-refractivity contribution in [2.45, 2.75) is 25.8 Å². The van der Waals surface area contributed by atoms with Crippen LogP contribution in [-0.4, -0.2) is 27.7 Å². The van der Waals surface area contributed by atoms with Crippen molar-refractivity contribution in [1.29, 1.82) is 0 Å². The van der Waals surface area contributed by atoms with E-state index in [9.17, 15) is 4.79 Å². The van der Waals surface area contributed by atoms with Crippen molar-refractivity contribution in [3.63, 3.8) is 0 Å². The molecule has 0 saturated carbocycles. The lowest BCUT2D eigenvalue weighted by Gasteiger charge is -2.10. The van der Waals surface area contributed by atoms with Crippen molar-refractivity contribution in [2.24, 2.45) is 7.05 Å². The van der Waals surface area contributed by atoms with Gasteiger partial charge in [-0.15, -0.1) is 0 Å². The smallest absolute Gasteiger partial charge is 0.250 e. The number of aromatic nitrogens is 3. The molecule has 0 unspecified atom stereocenters. The van der Waals surface area contributed by atoms with Crippen LogP contribution in [0.2, 0.25) is 0 Å². The highest BCUT2D eigenvalue weighted by Crippen LogP contribution is 2.19. The van der Waals surface area contributed by atoms with E-state index < -0.39 is 0 Å². The number of fused-ring (bicyclic) bond motifs is 1. The molecule has 0 aliphatic heterocycles. The summed E-state index contributed by atoms with van der Waals surface area (Å²) >= 11 is 0. The molecule has 0 atom stereocenters. The Labute approximate surface area is 187 Å². The zero-order chi connectivity index (χ0) is 22.2. The van der Waals surface area contributed by atoms with Gasteiger partial charge in [-0.2, -0.15) is 0 Å². The number of benzene rings is 1. The SMILES string of the molecule is Cn1c(=O)ccc2ccc(OCCCNCc3ccnc(CCc4cccnc4)c3)cc21. The van der Waals surface area contributed by atoms with E-state index in [0.717, 1.165) is 54.7 Å². The minimum atomic E-state index is -0.0183. The van der Waals surface area contributed by atoms with E-state index in [-0.39, 0.29) is 5.56 Å². The third-order valence-corrected chi connectivity index (χ3v) is 5.47. The molecule has 4 aromatic rings. The molecule has 32 heavy (non-hydrogen) atoms. The molecule has 0 amide bonds. The van der Waals surface area contributed by atoms with Crippen LogP contribution < -0.4 is 15.6 Å². The highest BCUT2D eigenvalue weighted by atomic mass is 16.5. The Hall–Kier alpha value is -3.51. The number of nitrogens with one attached hydrogen (secondary N) is 1. The summed E-state index contributed by atoms with van der Waals surface area (Å²) in [4.78, 5) is 20.5. The fraction of sp³-hybridized carbons (Fsp3) is 0.269. The molecule has 6 heteroatoms. The number of ether oxygens (including phenoxy) is 1. The number of pyridine rings is 3. The van der Waals surface area contributed by atoms with Gasteiger partial charge in [-0.3, -0.25) is 14.8 Å². The van der Waals surface area contributed by atoms with Gasteiger partial charge in [-0.1, -0.05) is 6.07 Å². The van der Waals surface area contributed by atoms with Gasteiger partial charge in [0.2, 0.25) is 0 Å². The second kappa shape index (κ2) is 10.7. The van der Waals surface area contributed by atoms with Crippen LogP contribution in [0, 0.1) is 0 Å². The molecule has 0 bridgehead atoms. The quantitative estimate of drug-likeness (QED) is 0.390. The molecule has 6 nitrogen and oxygen atoms in total. The second-order valence-electron chi connectivity index (χ2n) is 7.85. The third kappa shape index (κ3) is 5.80. The van der Waals surface area contributed by atoms with E-state index in [1.165, 1.54) is 11.1 Å². The van der Waals surface area contributed by atoms with Crippen molar-refractivity contribution in [2.75, 3.05) is 13.2 Å². The van der Waals surface area contributed by atoms with Crippen LogP contribution in [0.15, 0.2) is 78.0 Å². The molecular formula is C26H28N4O2. The van der Waals surface area contributed by atoms with E-state index >= 15 is 0 Å². The molecule has 0 aliphatic carbocycles. The first-order valence-electron chi connectivity index (χ1n) is 10.9. The Morgan fingerprint density at radius 3 is 2.78 bits per heavy atom. The summed E-state index contributed by atoms with van der Waals surface area (Å²) in [7, 11) is 1.78. The predicted molar refractivity (Wildman–Crippen MR) is 127 cm³/mol. The lowest BCUT2D eigenvalue weighted by molar-refractivity contribution is 0.308. The maximum atomic E-state index is 11.8. The number of rotatable bonds is 10. The molecular weight excluding hydrogens is 400 g/mol. The van der Waals surface area contributed by atoms with Crippen LogP contribution >= 0.6 is 0 Å². The summed E-state index contributed by atoms with van der Waals surface area (Å²) in [5.41, 5.74) is 4.42. The number of hydrogen-bond donors (Lipinski definition) is 1. The highest BCUT2D eigenvalue weighted by molar-refractivity contribution is 5.80. The average molecular weight is 429 g/mol. The van der Waals surface area contributed by atoms with Gasteiger partial charge in [-0.25, -0.2) is 0 Å². The normalized spacial score (nSPS) is 11.0. The van der Waals surface area contributed by atoms with E-state index in [0.29, 0.717) is 6.61 Å². The number of nitrogens with zero attached hydrogens (tertiary/aromatic N) is 3. The molecule has 164 valence electrons. The first-order chi connectivity index (χ1) is 15.7. The minimum absolute atomic E-state index is 0.0183. The van der Waals surface area contributed by atoms with Gasteiger partial charge in [0.15, 0.2) is 0 Å². The Balaban J connectivity index is 1.19. The topological polar surface area (TPSA) is 69.0 Å². The molecule has 0 aliphatic rings. The Kier molecular flexibility index (Phi) is 7.25. The molecule has 3 aromatic heterocycles. The lowest BCUT2D eigenvalue weighted by Crippen LogP contribution is -2.17. The van der Waals surface area contributed by atoms with Crippen molar-refractivity contribution in [3.05, 3.63) is 100 Å². The maximum Gasteiger partial charge on any atom is 0.250 e. The highest BCUT2D eigenvalue weighted by Gasteiger charge is 2.03. The summed E-state index contributed by atoms with van der Waals surface area (Å²) in [5.74, 6) is 0.783. The standard InChI is InChI=1S/C26H28N4O2/c1-30-25-17-24(9-6-22(25)7-10-26(30)31)32-15-3-13-28-19-21-11-14-29-23(16-21)8-5-20-4-2-12-27-18-20/h2,4,6-7,9-12,14,16-18,28H,3,5,8,13,15,19H2,1H3. The fourth-order valence-corrected chi connectivity index (χ4v) is 3.65. The van der Waals surface area contributed by atoms with E-state index in [4.69, 9.17) is 4.74 Å². The molecule has 0 spiro atoms. The molecule has 4 rings (SSSR count). The molecule has 1 N–H and O–H groups in total.